The van der Waals surface area contributed by atoms with Crippen LogP contribution in [0.1, 0.15) is 16.8 Å². The summed E-state index contributed by atoms with van der Waals surface area (Å²) in [7, 11) is 0. The van der Waals surface area contributed by atoms with Crippen LogP contribution in [0.15, 0.2) is 72.8 Å². The zero-order valence-electron chi connectivity index (χ0n) is 13.4. The van der Waals surface area contributed by atoms with Gasteiger partial charge in [-0.15, -0.1) is 0 Å². The summed E-state index contributed by atoms with van der Waals surface area (Å²) >= 11 is 5.33. The summed E-state index contributed by atoms with van der Waals surface area (Å²) < 4.78 is 0. The van der Waals surface area contributed by atoms with Gasteiger partial charge in [-0.2, -0.15) is 5.26 Å². The number of nitrogens with one attached hydrogen (secondary N) is 2. The second-order valence-corrected chi connectivity index (χ2v) is 5.85. The molecule has 0 atom stereocenters. The molecule has 0 unspecified atom stereocenters. The lowest BCUT2D eigenvalue weighted by Crippen LogP contribution is -2.20. The largest absolute Gasteiger partial charge is 0.332 e. The Morgan fingerprint density at radius 1 is 0.920 bits per heavy atom. The van der Waals surface area contributed by atoms with E-state index in [0.717, 1.165) is 17.8 Å². The fourth-order valence-electron chi connectivity index (χ4n) is 2.36. The Morgan fingerprint density at radius 3 is 2.40 bits per heavy atom. The van der Waals surface area contributed by atoms with Crippen LogP contribution < -0.4 is 10.6 Å². The fourth-order valence-corrected chi connectivity index (χ4v) is 2.58. The van der Waals surface area contributed by atoms with Gasteiger partial charge in [-0.1, -0.05) is 36.4 Å². The van der Waals surface area contributed by atoms with Gasteiger partial charge in [-0.05, 0) is 54.2 Å². The number of hydrogen-bond acceptors (Lipinski definition) is 3. The molecule has 5 heteroatoms. The first-order valence-electron chi connectivity index (χ1n) is 7.81. The highest BCUT2D eigenvalue weighted by molar-refractivity contribution is 7.80. The quantitative estimate of drug-likeness (QED) is 0.689. The minimum absolute atomic E-state index is 0.453. The van der Waals surface area contributed by atoms with E-state index in [1.165, 1.54) is 5.56 Å². The number of nitriles is 1. The van der Waals surface area contributed by atoms with E-state index < -0.39 is 0 Å². The Morgan fingerprint density at radius 2 is 1.68 bits per heavy atom. The lowest BCUT2D eigenvalue weighted by atomic mass is 10.1. The molecule has 0 radical (unpaired) electrons. The van der Waals surface area contributed by atoms with Crippen molar-refractivity contribution in [2.45, 2.75) is 6.42 Å². The summed E-state index contributed by atoms with van der Waals surface area (Å²) in [5, 5.41) is 15.4. The molecule has 0 saturated carbocycles. The lowest BCUT2D eigenvalue weighted by Gasteiger charge is -2.11. The van der Waals surface area contributed by atoms with Crippen LogP contribution in [0.4, 0.5) is 11.5 Å². The van der Waals surface area contributed by atoms with E-state index in [1.54, 1.807) is 12.1 Å². The number of anilines is 2. The second-order valence-electron chi connectivity index (χ2n) is 5.44. The molecular weight excluding hydrogens is 328 g/mol. The van der Waals surface area contributed by atoms with Crippen molar-refractivity contribution in [1.29, 1.82) is 5.26 Å². The van der Waals surface area contributed by atoms with Gasteiger partial charge in [0.25, 0.3) is 0 Å². The maximum absolute atomic E-state index is 8.82. The van der Waals surface area contributed by atoms with E-state index in [0.29, 0.717) is 16.5 Å². The van der Waals surface area contributed by atoms with E-state index in [-0.39, 0.29) is 0 Å². The summed E-state index contributed by atoms with van der Waals surface area (Å²) in [6.45, 7) is 0. The number of thiocarbonyl (C=S) groups is 1. The third-order valence-corrected chi connectivity index (χ3v) is 3.75. The molecule has 0 aliphatic heterocycles. The summed E-state index contributed by atoms with van der Waals surface area (Å²) in [5.41, 5.74) is 3.61. The number of aromatic nitrogens is 1. The smallest absolute Gasteiger partial charge is 0.176 e. The second kappa shape index (κ2) is 8.04. The van der Waals surface area contributed by atoms with Crippen molar-refractivity contribution < 1.29 is 0 Å². The van der Waals surface area contributed by atoms with Gasteiger partial charge < -0.3 is 10.6 Å². The zero-order valence-corrected chi connectivity index (χ0v) is 14.3. The Labute approximate surface area is 152 Å². The Kier molecular flexibility index (Phi) is 5.35. The first-order valence-corrected chi connectivity index (χ1v) is 8.22. The van der Waals surface area contributed by atoms with Crippen LogP contribution in [0.25, 0.3) is 0 Å². The predicted octanol–water partition coefficient (Wildman–Crippen LogP) is 4.35. The van der Waals surface area contributed by atoms with Crippen molar-refractivity contribution in [2.75, 3.05) is 10.6 Å². The van der Waals surface area contributed by atoms with Crippen molar-refractivity contribution >= 4 is 28.8 Å². The highest BCUT2D eigenvalue weighted by atomic mass is 32.1. The van der Waals surface area contributed by atoms with Gasteiger partial charge in [0.1, 0.15) is 5.82 Å². The average Bonchev–Trinajstić information content (AvgIpc) is 2.63. The number of nitrogens with zero attached hydrogens (tertiary/aromatic N) is 2. The SMILES string of the molecule is N#Cc1ccc(NC(=S)Nc2cccc(Cc3ccccc3)n2)cc1. The molecule has 1 aromatic heterocycles. The molecular formula is C20H16N4S. The van der Waals surface area contributed by atoms with Crippen LogP contribution in [-0.4, -0.2) is 10.1 Å². The predicted molar refractivity (Wildman–Crippen MR) is 104 cm³/mol. The van der Waals surface area contributed by atoms with E-state index in [1.807, 2.05) is 48.5 Å². The van der Waals surface area contributed by atoms with E-state index in [2.05, 4.69) is 33.8 Å². The summed E-state index contributed by atoms with van der Waals surface area (Å²) in [6, 6.07) is 25.2. The molecule has 0 aliphatic carbocycles. The molecule has 3 aromatic rings. The van der Waals surface area contributed by atoms with Crippen LogP contribution in [0.5, 0.6) is 0 Å². The summed E-state index contributed by atoms with van der Waals surface area (Å²) in [4.78, 5) is 4.60. The van der Waals surface area contributed by atoms with Crippen LogP contribution in [0.3, 0.4) is 0 Å². The molecule has 2 N–H and O–H groups in total. The van der Waals surface area contributed by atoms with Crippen molar-refractivity contribution in [1.82, 2.24) is 4.98 Å². The molecule has 3 rings (SSSR count). The Balaban J connectivity index is 1.63. The first-order chi connectivity index (χ1) is 12.2. The Hall–Kier alpha value is -3.23. The van der Waals surface area contributed by atoms with Crippen molar-refractivity contribution in [3.05, 3.63) is 89.6 Å². The van der Waals surface area contributed by atoms with Gasteiger partial charge >= 0.3 is 0 Å². The number of pyridine rings is 1. The maximum Gasteiger partial charge on any atom is 0.176 e. The molecule has 0 saturated heterocycles. The van der Waals surface area contributed by atoms with E-state index >= 15 is 0 Å². The molecule has 1 heterocycles. The van der Waals surface area contributed by atoms with Crippen molar-refractivity contribution in [2.24, 2.45) is 0 Å². The molecule has 4 nitrogen and oxygen atoms in total. The summed E-state index contributed by atoms with van der Waals surface area (Å²) in [5.74, 6) is 0.694. The van der Waals surface area contributed by atoms with E-state index in [4.69, 9.17) is 17.5 Å². The summed E-state index contributed by atoms with van der Waals surface area (Å²) in [6.07, 6.45) is 0.770. The van der Waals surface area contributed by atoms with Crippen LogP contribution >= 0.6 is 12.2 Å². The molecule has 122 valence electrons. The number of rotatable bonds is 4. The average molecular weight is 344 g/mol. The van der Waals surface area contributed by atoms with Crippen molar-refractivity contribution in [3.8, 4) is 6.07 Å². The molecule has 0 amide bonds. The van der Waals surface area contributed by atoms with Crippen LogP contribution in [-0.2, 0) is 6.42 Å². The van der Waals surface area contributed by atoms with Gasteiger partial charge in [0, 0.05) is 17.8 Å². The molecule has 25 heavy (non-hydrogen) atoms. The molecule has 0 spiro atoms. The minimum Gasteiger partial charge on any atom is -0.332 e. The normalized spacial score (nSPS) is 9.88. The van der Waals surface area contributed by atoms with Gasteiger partial charge in [-0.3, -0.25) is 0 Å². The molecule has 0 bridgehead atoms. The van der Waals surface area contributed by atoms with Gasteiger partial charge in [-0.25, -0.2) is 4.98 Å². The van der Waals surface area contributed by atoms with E-state index in [9.17, 15) is 0 Å². The highest BCUT2D eigenvalue weighted by Gasteiger charge is 2.03. The fraction of sp³-hybridized carbons (Fsp3) is 0.0500. The number of benzene rings is 2. The zero-order chi connectivity index (χ0) is 17.5. The molecule has 2 aromatic carbocycles. The Bertz CT molecular complexity index is 899. The minimum atomic E-state index is 0.453. The van der Waals surface area contributed by atoms with Crippen LogP contribution in [0, 0.1) is 11.3 Å². The van der Waals surface area contributed by atoms with Crippen molar-refractivity contribution in [3.63, 3.8) is 0 Å². The first kappa shape index (κ1) is 16.6. The number of hydrogen-bond donors (Lipinski definition) is 2. The lowest BCUT2D eigenvalue weighted by molar-refractivity contribution is 1.08. The van der Waals surface area contributed by atoms with Crippen LogP contribution in [0.2, 0.25) is 0 Å². The topological polar surface area (TPSA) is 60.7 Å². The third kappa shape index (κ3) is 4.87. The van der Waals surface area contributed by atoms with Gasteiger partial charge in [0.05, 0.1) is 11.6 Å². The highest BCUT2D eigenvalue weighted by Crippen LogP contribution is 2.12. The molecule has 0 aliphatic rings. The monoisotopic (exact) mass is 344 g/mol. The van der Waals surface area contributed by atoms with Gasteiger partial charge in [0.2, 0.25) is 0 Å². The standard InChI is InChI=1S/C20H16N4S/c21-14-16-9-11-17(12-10-16)23-20(25)24-19-8-4-7-18(22-19)13-15-5-2-1-3-6-15/h1-12H,13H2,(H2,22,23,24,25). The molecule has 0 fully saturated rings. The van der Waals surface area contributed by atoms with Gasteiger partial charge in [0.15, 0.2) is 5.11 Å². The maximum atomic E-state index is 8.82. The third-order valence-electron chi connectivity index (χ3n) is 3.55.